The SMILES string of the molecule is CCCNc1cc(NCC2(O)CCC2)nc(C(C)C)n1. The molecule has 1 aromatic heterocycles. The maximum atomic E-state index is 10.1. The maximum Gasteiger partial charge on any atom is 0.135 e. The number of nitrogens with zero attached hydrogens (tertiary/aromatic N) is 2. The first-order valence-electron chi connectivity index (χ1n) is 7.61. The zero-order chi connectivity index (χ0) is 14.6. The topological polar surface area (TPSA) is 70.1 Å². The second-order valence-electron chi connectivity index (χ2n) is 6.01. The summed E-state index contributed by atoms with van der Waals surface area (Å²) in [5.74, 6) is 2.76. The predicted molar refractivity (Wildman–Crippen MR) is 82.2 cm³/mol. The highest BCUT2D eigenvalue weighted by molar-refractivity contribution is 5.48. The number of hydrogen-bond acceptors (Lipinski definition) is 5. The lowest BCUT2D eigenvalue weighted by atomic mass is 9.80. The van der Waals surface area contributed by atoms with Crippen molar-refractivity contribution >= 4 is 11.6 Å². The first-order valence-corrected chi connectivity index (χ1v) is 7.61. The van der Waals surface area contributed by atoms with Crippen molar-refractivity contribution in [2.75, 3.05) is 23.7 Å². The molecule has 5 nitrogen and oxygen atoms in total. The second-order valence-corrected chi connectivity index (χ2v) is 6.01. The number of aliphatic hydroxyl groups is 1. The Kier molecular flexibility index (Phi) is 4.81. The average molecular weight is 278 g/mol. The molecular weight excluding hydrogens is 252 g/mol. The van der Waals surface area contributed by atoms with Gasteiger partial charge in [0.15, 0.2) is 0 Å². The van der Waals surface area contributed by atoms with Crippen LogP contribution in [0.15, 0.2) is 6.07 Å². The Labute approximate surface area is 121 Å². The summed E-state index contributed by atoms with van der Waals surface area (Å²) < 4.78 is 0. The van der Waals surface area contributed by atoms with Crippen LogP contribution in [0, 0.1) is 0 Å². The van der Waals surface area contributed by atoms with Crippen molar-refractivity contribution in [1.29, 1.82) is 0 Å². The number of rotatable bonds is 7. The van der Waals surface area contributed by atoms with Crippen LogP contribution in [0.4, 0.5) is 11.6 Å². The normalized spacial score (nSPS) is 16.9. The van der Waals surface area contributed by atoms with Crippen LogP contribution < -0.4 is 10.6 Å². The summed E-state index contributed by atoms with van der Waals surface area (Å²) in [5, 5.41) is 16.7. The summed E-state index contributed by atoms with van der Waals surface area (Å²) in [7, 11) is 0. The quantitative estimate of drug-likeness (QED) is 0.715. The van der Waals surface area contributed by atoms with Crippen LogP contribution in [0.25, 0.3) is 0 Å². The molecular formula is C15H26N4O. The molecule has 1 aromatic rings. The van der Waals surface area contributed by atoms with E-state index < -0.39 is 5.60 Å². The molecule has 3 N–H and O–H groups in total. The highest BCUT2D eigenvalue weighted by Crippen LogP contribution is 2.31. The van der Waals surface area contributed by atoms with Crippen LogP contribution in [0.3, 0.4) is 0 Å². The van der Waals surface area contributed by atoms with E-state index in [-0.39, 0.29) is 5.92 Å². The summed E-state index contributed by atoms with van der Waals surface area (Å²) in [6.07, 6.45) is 3.93. The van der Waals surface area contributed by atoms with Crippen LogP contribution in [-0.2, 0) is 0 Å². The molecule has 20 heavy (non-hydrogen) atoms. The minimum Gasteiger partial charge on any atom is -0.388 e. The highest BCUT2D eigenvalue weighted by Gasteiger charge is 2.34. The highest BCUT2D eigenvalue weighted by atomic mass is 16.3. The van der Waals surface area contributed by atoms with Crippen LogP contribution in [0.1, 0.15) is 58.2 Å². The minimum absolute atomic E-state index is 0.283. The smallest absolute Gasteiger partial charge is 0.135 e. The fourth-order valence-electron chi connectivity index (χ4n) is 2.18. The molecule has 0 unspecified atom stereocenters. The minimum atomic E-state index is -0.542. The molecule has 0 amide bonds. The van der Waals surface area contributed by atoms with Gasteiger partial charge in [-0.05, 0) is 25.7 Å². The van der Waals surface area contributed by atoms with E-state index in [1.165, 1.54) is 0 Å². The molecule has 1 fully saturated rings. The second kappa shape index (κ2) is 6.39. The molecule has 1 aliphatic rings. The summed E-state index contributed by atoms with van der Waals surface area (Å²) in [4.78, 5) is 9.05. The molecule has 1 saturated carbocycles. The van der Waals surface area contributed by atoms with E-state index in [9.17, 15) is 5.11 Å². The van der Waals surface area contributed by atoms with E-state index in [4.69, 9.17) is 0 Å². The lowest BCUT2D eigenvalue weighted by molar-refractivity contribution is -0.0202. The van der Waals surface area contributed by atoms with Gasteiger partial charge in [0, 0.05) is 25.1 Å². The van der Waals surface area contributed by atoms with Crippen molar-refractivity contribution in [3.63, 3.8) is 0 Å². The molecule has 0 aliphatic heterocycles. The van der Waals surface area contributed by atoms with Crippen LogP contribution in [-0.4, -0.2) is 33.8 Å². The summed E-state index contributed by atoms with van der Waals surface area (Å²) in [6, 6.07) is 1.92. The van der Waals surface area contributed by atoms with E-state index in [2.05, 4.69) is 41.4 Å². The zero-order valence-corrected chi connectivity index (χ0v) is 12.7. The van der Waals surface area contributed by atoms with Crippen molar-refractivity contribution in [2.24, 2.45) is 0 Å². The molecule has 0 atom stereocenters. The maximum absolute atomic E-state index is 10.1. The van der Waals surface area contributed by atoms with E-state index >= 15 is 0 Å². The molecule has 2 rings (SSSR count). The fourth-order valence-corrected chi connectivity index (χ4v) is 2.18. The van der Waals surface area contributed by atoms with Gasteiger partial charge >= 0.3 is 0 Å². The van der Waals surface area contributed by atoms with Gasteiger partial charge in [0.2, 0.25) is 0 Å². The van der Waals surface area contributed by atoms with Gasteiger partial charge < -0.3 is 15.7 Å². The third-order valence-corrected chi connectivity index (χ3v) is 3.70. The summed E-state index contributed by atoms with van der Waals surface area (Å²) in [6.45, 7) is 7.76. The average Bonchev–Trinajstić information content (AvgIpc) is 2.40. The van der Waals surface area contributed by atoms with Crippen LogP contribution >= 0.6 is 0 Å². The number of anilines is 2. The van der Waals surface area contributed by atoms with Crippen molar-refractivity contribution in [3.05, 3.63) is 11.9 Å². The third kappa shape index (κ3) is 3.82. The molecule has 0 saturated heterocycles. The van der Waals surface area contributed by atoms with Crippen molar-refractivity contribution in [1.82, 2.24) is 9.97 Å². The Balaban J connectivity index is 2.07. The Morgan fingerprint density at radius 1 is 1.25 bits per heavy atom. The van der Waals surface area contributed by atoms with Crippen molar-refractivity contribution < 1.29 is 5.11 Å². The molecule has 1 heterocycles. The number of nitrogens with one attached hydrogen (secondary N) is 2. The van der Waals surface area contributed by atoms with E-state index in [1.807, 2.05) is 6.07 Å². The van der Waals surface area contributed by atoms with E-state index in [0.717, 1.165) is 49.7 Å². The molecule has 0 aromatic carbocycles. The first-order chi connectivity index (χ1) is 9.52. The Bertz CT molecular complexity index is 443. The molecule has 1 aliphatic carbocycles. The summed E-state index contributed by atoms with van der Waals surface area (Å²) >= 11 is 0. The van der Waals surface area contributed by atoms with Gasteiger partial charge in [-0.15, -0.1) is 0 Å². The molecule has 0 bridgehead atoms. The van der Waals surface area contributed by atoms with Gasteiger partial charge in [0.1, 0.15) is 17.5 Å². The number of hydrogen-bond donors (Lipinski definition) is 3. The van der Waals surface area contributed by atoms with Gasteiger partial charge in [-0.3, -0.25) is 0 Å². The predicted octanol–water partition coefficient (Wildman–Crippen LogP) is 2.75. The van der Waals surface area contributed by atoms with Gasteiger partial charge in [-0.1, -0.05) is 20.8 Å². The molecule has 0 radical (unpaired) electrons. The van der Waals surface area contributed by atoms with Gasteiger partial charge in [-0.25, -0.2) is 9.97 Å². The first kappa shape index (κ1) is 15.0. The fraction of sp³-hybridized carbons (Fsp3) is 0.733. The monoisotopic (exact) mass is 278 g/mol. The Morgan fingerprint density at radius 3 is 2.40 bits per heavy atom. The van der Waals surface area contributed by atoms with Crippen LogP contribution in [0.5, 0.6) is 0 Å². The Morgan fingerprint density at radius 2 is 1.90 bits per heavy atom. The van der Waals surface area contributed by atoms with E-state index in [0.29, 0.717) is 6.54 Å². The molecule has 0 spiro atoms. The lowest BCUT2D eigenvalue weighted by Crippen LogP contribution is -2.43. The standard InChI is InChI=1S/C15H26N4O/c1-4-8-16-12-9-13(19-14(18-12)11(2)3)17-10-15(20)6-5-7-15/h9,11,20H,4-8,10H2,1-3H3,(H2,16,17,18,19). The van der Waals surface area contributed by atoms with Crippen molar-refractivity contribution in [3.8, 4) is 0 Å². The van der Waals surface area contributed by atoms with Gasteiger partial charge in [0.05, 0.1) is 5.60 Å². The third-order valence-electron chi connectivity index (χ3n) is 3.70. The van der Waals surface area contributed by atoms with Crippen molar-refractivity contribution in [2.45, 2.75) is 58.0 Å². The van der Waals surface area contributed by atoms with Gasteiger partial charge in [-0.2, -0.15) is 0 Å². The number of aromatic nitrogens is 2. The zero-order valence-electron chi connectivity index (χ0n) is 12.7. The van der Waals surface area contributed by atoms with Gasteiger partial charge in [0.25, 0.3) is 0 Å². The lowest BCUT2D eigenvalue weighted by Gasteiger charge is -2.36. The molecule has 112 valence electrons. The summed E-state index contributed by atoms with van der Waals surface area (Å²) in [5.41, 5.74) is -0.542. The van der Waals surface area contributed by atoms with E-state index in [1.54, 1.807) is 0 Å². The van der Waals surface area contributed by atoms with Crippen LogP contribution in [0.2, 0.25) is 0 Å². The molecule has 5 heteroatoms. The largest absolute Gasteiger partial charge is 0.388 e. The Hall–Kier alpha value is -1.36.